The van der Waals surface area contributed by atoms with Crippen molar-refractivity contribution in [1.29, 1.82) is 0 Å². The van der Waals surface area contributed by atoms with Crippen LogP contribution in [0.15, 0.2) is 24.3 Å². The van der Waals surface area contributed by atoms with E-state index in [2.05, 4.69) is 62.2 Å². The summed E-state index contributed by atoms with van der Waals surface area (Å²) in [5, 5.41) is 3.06. The van der Waals surface area contributed by atoms with Gasteiger partial charge in [-0.25, -0.2) is 0 Å². The summed E-state index contributed by atoms with van der Waals surface area (Å²) in [4.78, 5) is 42.7. The molecule has 2 unspecified atom stereocenters. The molecule has 0 aliphatic heterocycles. The molecule has 0 bridgehead atoms. The Balaban J connectivity index is 5.51. The minimum Gasteiger partial charge on any atom is -0.462 e. The quantitative estimate of drug-likeness (QED) is 0.0372. The molecule has 0 radical (unpaired) electrons. The zero-order chi connectivity index (χ0) is 48.4. The van der Waals surface area contributed by atoms with Crippen molar-refractivity contribution in [3.63, 3.8) is 0 Å². The number of nitrogens with one attached hydrogen (secondary N) is 1. The number of unbranched alkanes of at least 4 members (excludes halogenated alkanes) is 28. The predicted octanol–water partition coefficient (Wildman–Crippen LogP) is 17.4. The first-order chi connectivity index (χ1) is 32.2. The standard InChI is InChI=1S/C59H112N2O5/c1-7-11-15-19-23-25-27-29-31-35-39-43-48-55(46-41-37-33-21-17-13-9-3)65-58(63)52-54(60-57(62)50-45-51-61(5)6)53-59(64)66-56(47-42-38-34-22-18-14-10-4)49-44-40-36-32-30-28-26-24-20-16-12-8-2/h33-34,37-38,54-56H,7-32,35-36,39-53H2,1-6H3,(H,60,62)/b37-33-,38-34-. The Morgan fingerprint density at radius 2 is 0.727 bits per heavy atom. The highest BCUT2D eigenvalue weighted by molar-refractivity contribution is 5.80. The van der Waals surface area contributed by atoms with Crippen molar-refractivity contribution < 1.29 is 23.9 Å². The first-order valence-electron chi connectivity index (χ1n) is 28.9. The molecule has 0 aromatic rings. The van der Waals surface area contributed by atoms with Crippen molar-refractivity contribution >= 4 is 17.8 Å². The number of esters is 2. The van der Waals surface area contributed by atoms with E-state index in [-0.39, 0.29) is 42.9 Å². The zero-order valence-electron chi connectivity index (χ0n) is 44.9. The molecule has 0 rings (SSSR count). The largest absolute Gasteiger partial charge is 0.462 e. The molecule has 1 amide bonds. The molecule has 0 aromatic carbocycles. The molecule has 7 nitrogen and oxygen atoms in total. The Morgan fingerprint density at radius 3 is 1.08 bits per heavy atom. The summed E-state index contributed by atoms with van der Waals surface area (Å²) in [6.07, 6.45) is 55.4. The number of hydrogen-bond acceptors (Lipinski definition) is 6. The Morgan fingerprint density at radius 1 is 0.409 bits per heavy atom. The van der Waals surface area contributed by atoms with E-state index >= 15 is 0 Å². The second-order valence-corrected chi connectivity index (χ2v) is 20.2. The van der Waals surface area contributed by atoms with Crippen LogP contribution >= 0.6 is 0 Å². The fourth-order valence-corrected chi connectivity index (χ4v) is 8.91. The summed E-state index contributed by atoms with van der Waals surface area (Å²) >= 11 is 0. The van der Waals surface area contributed by atoms with Gasteiger partial charge >= 0.3 is 11.9 Å². The van der Waals surface area contributed by atoms with Gasteiger partial charge in [0.1, 0.15) is 12.2 Å². The van der Waals surface area contributed by atoms with Crippen LogP contribution in [-0.2, 0) is 23.9 Å². The Bertz CT molecular complexity index is 1050. The number of amides is 1. The molecule has 0 aliphatic rings. The van der Waals surface area contributed by atoms with Crippen LogP contribution in [0.5, 0.6) is 0 Å². The molecule has 1 N–H and O–H groups in total. The number of carbonyl (C=O) groups is 3. The van der Waals surface area contributed by atoms with Crippen LogP contribution in [0.4, 0.5) is 0 Å². The van der Waals surface area contributed by atoms with Crippen LogP contribution in [0.3, 0.4) is 0 Å². The van der Waals surface area contributed by atoms with E-state index < -0.39 is 6.04 Å². The molecular weight excluding hydrogens is 817 g/mol. The minimum atomic E-state index is -0.659. The lowest BCUT2D eigenvalue weighted by atomic mass is 10.0. The van der Waals surface area contributed by atoms with Gasteiger partial charge < -0.3 is 19.7 Å². The van der Waals surface area contributed by atoms with Gasteiger partial charge in [0, 0.05) is 12.5 Å². The Hall–Kier alpha value is -2.15. The van der Waals surface area contributed by atoms with Gasteiger partial charge in [-0.05, 0) is 104 Å². The summed E-state index contributed by atoms with van der Waals surface area (Å²) in [7, 11) is 4.00. The fraction of sp³-hybridized carbons (Fsp3) is 0.881. The highest BCUT2D eigenvalue weighted by Gasteiger charge is 2.25. The lowest BCUT2D eigenvalue weighted by Crippen LogP contribution is -2.39. The summed E-state index contributed by atoms with van der Waals surface area (Å²) in [5.41, 5.74) is 0. The molecule has 0 fully saturated rings. The van der Waals surface area contributed by atoms with Gasteiger partial charge in [-0.3, -0.25) is 14.4 Å². The molecule has 388 valence electrons. The van der Waals surface area contributed by atoms with E-state index in [1.807, 2.05) is 14.1 Å². The van der Waals surface area contributed by atoms with Crippen molar-refractivity contribution in [3.05, 3.63) is 24.3 Å². The SMILES string of the molecule is CCCCC/C=C\CCC(CCCCCCCCCCCCCC)OC(=O)CC(CC(=O)OC(CC/C=C\CCCCC)CCCCCCCCCCCCCC)NC(=O)CCCN(C)C. The second-order valence-electron chi connectivity index (χ2n) is 20.2. The molecule has 0 heterocycles. The fourth-order valence-electron chi connectivity index (χ4n) is 8.91. The van der Waals surface area contributed by atoms with Crippen LogP contribution in [0.25, 0.3) is 0 Å². The molecule has 0 aliphatic carbocycles. The lowest BCUT2D eigenvalue weighted by Gasteiger charge is -2.23. The van der Waals surface area contributed by atoms with E-state index in [1.54, 1.807) is 0 Å². The first kappa shape index (κ1) is 63.8. The number of ether oxygens (including phenoxy) is 2. The van der Waals surface area contributed by atoms with Gasteiger partial charge in [0.15, 0.2) is 0 Å². The molecular formula is C59H112N2O5. The molecule has 0 saturated carbocycles. The molecule has 0 aromatic heterocycles. The van der Waals surface area contributed by atoms with E-state index in [4.69, 9.17) is 9.47 Å². The predicted molar refractivity (Wildman–Crippen MR) is 285 cm³/mol. The van der Waals surface area contributed by atoms with Crippen molar-refractivity contribution in [2.45, 2.75) is 316 Å². The molecule has 0 saturated heterocycles. The summed E-state index contributed by atoms with van der Waals surface area (Å²) in [6, 6.07) is -0.659. The maximum absolute atomic E-state index is 13.7. The van der Waals surface area contributed by atoms with Gasteiger partial charge in [-0.2, -0.15) is 0 Å². The molecule has 2 atom stereocenters. The van der Waals surface area contributed by atoms with Gasteiger partial charge in [0.2, 0.25) is 5.91 Å². The molecule has 0 spiro atoms. The lowest BCUT2D eigenvalue weighted by molar-refractivity contribution is -0.152. The van der Waals surface area contributed by atoms with Crippen LogP contribution in [0, 0.1) is 0 Å². The number of allylic oxidation sites excluding steroid dienone is 4. The normalized spacial score (nSPS) is 13.2. The number of rotatable bonds is 51. The van der Waals surface area contributed by atoms with Gasteiger partial charge in [-0.1, -0.05) is 219 Å². The van der Waals surface area contributed by atoms with Crippen LogP contribution in [0.2, 0.25) is 0 Å². The van der Waals surface area contributed by atoms with Gasteiger partial charge in [0.25, 0.3) is 0 Å². The second kappa shape index (κ2) is 50.7. The maximum Gasteiger partial charge on any atom is 0.308 e. The van der Waals surface area contributed by atoms with E-state index in [1.165, 1.54) is 167 Å². The first-order valence-corrected chi connectivity index (χ1v) is 28.9. The molecule has 7 heteroatoms. The third-order valence-electron chi connectivity index (χ3n) is 13.1. The van der Waals surface area contributed by atoms with Crippen molar-refractivity contribution in [2.75, 3.05) is 20.6 Å². The minimum absolute atomic E-state index is 0.0276. The monoisotopic (exact) mass is 929 g/mol. The maximum atomic E-state index is 13.7. The van der Waals surface area contributed by atoms with Crippen molar-refractivity contribution in [1.82, 2.24) is 10.2 Å². The molecule has 66 heavy (non-hydrogen) atoms. The van der Waals surface area contributed by atoms with E-state index in [0.717, 1.165) is 83.6 Å². The van der Waals surface area contributed by atoms with Gasteiger partial charge in [0.05, 0.1) is 12.8 Å². The van der Waals surface area contributed by atoms with Crippen LogP contribution in [0.1, 0.15) is 297 Å². The third kappa shape index (κ3) is 46.9. The van der Waals surface area contributed by atoms with Crippen molar-refractivity contribution in [3.8, 4) is 0 Å². The van der Waals surface area contributed by atoms with Gasteiger partial charge in [-0.15, -0.1) is 0 Å². The highest BCUT2D eigenvalue weighted by atomic mass is 16.5. The number of hydrogen-bond donors (Lipinski definition) is 1. The topological polar surface area (TPSA) is 84.9 Å². The average molecular weight is 930 g/mol. The zero-order valence-corrected chi connectivity index (χ0v) is 44.9. The Kier molecular flexibility index (Phi) is 49.1. The number of carbonyl (C=O) groups excluding carboxylic acids is 3. The smallest absolute Gasteiger partial charge is 0.308 e. The highest BCUT2D eigenvalue weighted by Crippen LogP contribution is 2.20. The Labute approximate surface area is 411 Å². The summed E-state index contributed by atoms with van der Waals surface area (Å²) in [5.74, 6) is -0.804. The van der Waals surface area contributed by atoms with E-state index in [9.17, 15) is 14.4 Å². The van der Waals surface area contributed by atoms with Crippen molar-refractivity contribution in [2.24, 2.45) is 0 Å². The summed E-state index contributed by atoms with van der Waals surface area (Å²) in [6.45, 7) is 9.81. The van der Waals surface area contributed by atoms with Crippen LogP contribution < -0.4 is 5.32 Å². The van der Waals surface area contributed by atoms with E-state index in [0.29, 0.717) is 12.8 Å². The number of nitrogens with zero attached hydrogens (tertiary/aromatic N) is 1. The third-order valence-corrected chi connectivity index (χ3v) is 13.1. The van der Waals surface area contributed by atoms with Crippen LogP contribution in [-0.4, -0.2) is 61.6 Å². The summed E-state index contributed by atoms with van der Waals surface area (Å²) < 4.78 is 12.4. The average Bonchev–Trinajstić information content (AvgIpc) is 3.28.